The Hall–Kier alpha value is -3.33. The molecule has 3 aliphatic rings. The summed E-state index contributed by atoms with van der Waals surface area (Å²) >= 11 is 0. The highest BCUT2D eigenvalue weighted by Crippen LogP contribution is 2.43. The van der Waals surface area contributed by atoms with Gasteiger partial charge in [-0.1, -0.05) is 24.3 Å². The van der Waals surface area contributed by atoms with Crippen LogP contribution in [0.15, 0.2) is 53.5 Å². The highest BCUT2D eigenvalue weighted by Gasteiger charge is 2.27. The van der Waals surface area contributed by atoms with Gasteiger partial charge in [0, 0.05) is 32.8 Å². The van der Waals surface area contributed by atoms with Crippen LogP contribution in [0.3, 0.4) is 0 Å². The van der Waals surface area contributed by atoms with Crippen molar-refractivity contribution in [2.24, 2.45) is 4.99 Å². The molecule has 4 aromatic rings. The van der Waals surface area contributed by atoms with Crippen molar-refractivity contribution in [1.82, 2.24) is 0 Å². The molecule has 0 aromatic heterocycles. The van der Waals surface area contributed by atoms with Gasteiger partial charge in [0.05, 0.1) is 10.9 Å². The Labute approximate surface area is 200 Å². The lowest BCUT2D eigenvalue weighted by Crippen LogP contribution is -2.35. The summed E-state index contributed by atoms with van der Waals surface area (Å²) in [6.45, 7) is 9.00. The summed E-state index contributed by atoms with van der Waals surface area (Å²) in [5, 5.41) is 11.0. The van der Waals surface area contributed by atoms with E-state index in [1.54, 1.807) is 0 Å². The van der Waals surface area contributed by atoms with Gasteiger partial charge in [-0.25, -0.2) is 0 Å². The number of hydrogen-bond donors (Lipinski definition) is 1. The van der Waals surface area contributed by atoms with Gasteiger partial charge in [0.25, 0.3) is 0 Å². The zero-order chi connectivity index (χ0) is 23.2. The minimum absolute atomic E-state index is 0.0141. The van der Waals surface area contributed by atoms with Crippen LogP contribution in [-0.2, 0) is 12.8 Å². The van der Waals surface area contributed by atoms with Crippen molar-refractivity contribution in [3.8, 4) is 11.5 Å². The van der Waals surface area contributed by atoms with E-state index in [0.29, 0.717) is 0 Å². The Morgan fingerprint density at radius 1 is 0.735 bits per heavy atom. The molecule has 0 atom stereocenters. The van der Waals surface area contributed by atoms with Crippen molar-refractivity contribution in [3.63, 3.8) is 0 Å². The number of ether oxygens (including phenoxy) is 1. The molecular formula is C31H30N2O. The Balaban J connectivity index is 1.43. The number of hydrogen-bond acceptors (Lipinski definition) is 3. The zero-order valence-corrected chi connectivity index (χ0v) is 20.4. The van der Waals surface area contributed by atoms with Crippen molar-refractivity contribution >= 4 is 33.3 Å². The first-order valence-electron chi connectivity index (χ1n) is 12.5. The Morgan fingerprint density at radius 3 is 2.32 bits per heavy atom. The van der Waals surface area contributed by atoms with Crippen LogP contribution in [0.25, 0.3) is 27.6 Å². The van der Waals surface area contributed by atoms with Gasteiger partial charge >= 0.3 is 0 Å². The average molecular weight is 447 g/mol. The van der Waals surface area contributed by atoms with Crippen molar-refractivity contribution in [2.75, 3.05) is 5.32 Å². The third-order valence-electron chi connectivity index (χ3n) is 7.96. The van der Waals surface area contributed by atoms with Crippen molar-refractivity contribution in [2.45, 2.75) is 64.5 Å². The first-order chi connectivity index (χ1) is 16.3. The predicted octanol–water partition coefficient (Wildman–Crippen LogP) is 6.41. The number of nitrogens with zero attached hydrogens (tertiary/aromatic N) is 1. The molecule has 3 heterocycles. The molecular weight excluding hydrogens is 416 g/mol. The molecule has 0 fully saturated rings. The lowest BCUT2D eigenvalue weighted by Gasteiger charge is -2.34. The molecule has 0 amide bonds. The summed E-state index contributed by atoms with van der Waals surface area (Å²) < 4.78 is 6.79. The molecule has 0 spiro atoms. The van der Waals surface area contributed by atoms with E-state index in [2.05, 4.69) is 87.6 Å². The van der Waals surface area contributed by atoms with E-state index in [0.717, 1.165) is 53.3 Å². The third-order valence-corrected chi connectivity index (χ3v) is 7.96. The first-order valence-corrected chi connectivity index (χ1v) is 12.5. The van der Waals surface area contributed by atoms with Crippen LogP contribution in [0.2, 0.25) is 0 Å². The molecule has 3 heteroatoms. The topological polar surface area (TPSA) is 33.6 Å². The number of nitrogens with one attached hydrogen (secondary N) is 1. The SMILES string of the molecule is CC1(C)CCc2c(ccc3c4c(ccc23)=Cc2ccc3c5c(ccc3c2O4)NC(C)(C)CC5)=N1. The summed E-state index contributed by atoms with van der Waals surface area (Å²) in [5.74, 6) is 1.95. The second kappa shape index (κ2) is 6.63. The normalized spacial score (nSPS) is 18.9. The fourth-order valence-electron chi connectivity index (χ4n) is 6.06. The van der Waals surface area contributed by atoms with Gasteiger partial charge in [-0.3, -0.25) is 4.99 Å². The summed E-state index contributed by atoms with van der Waals surface area (Å²) in [6, 6.07) is 17.8. The third kappa shape index (κ3) is 2.92. The molecule has 0 saturated carbocycles. The van der Waals surface area contributed by atoms with E-state index in [9.17, 15) is 0 Å². The molecule has 170 valence electrons. The van der Waals surface area contributed by atoms with E-state index >= 15 is 0 Å². The number of anilines is 1. The van der Waals surface area contributed by atoms with Gasteiger partial charge in [-0.05, 0) is 106 Å². The second-order valence-electron chi connectivity index (χ2n) is 11.5. The van der Waals surface area contributed by atoms with Gasteiger partial charge < -0.3 is 10.1 Å². The van der Waals surface area contributed by atoms with Gasteiger partial charge in [0.15, 0.2) is 0 Å². The summed E-state index contributed by atoms with van der Waals surface area (Å²) in [7, 11) is 0. The molecule has 3 nitrogen and oxygen atoms in total. The van der Waals surface area contributed by atoms with Crippen molar-refractivity contribution < 1.29 is 4.74 Å². The largest absolute Gasteiger partial charge is 0.455 e. The average Bonchev–Trinajstić information content (AvgIpc) is 2.80. The summed E-state index contributed by atoms with van der Waals surface area (Å²) in [5.41, 5.74) is 5.32. The van der Waals surface area contributed by atoms with E-state index in [1.165, 1.54) is 38.4 Å². The van der Waals surface area contributed by atoms with Gasteiger partial charge in [-0.2, -0.15) is 0 Å². The van der Waals surface area contributed by atoms with Gasteiger partial charge in [-0.15, -0.1) is 0 Å². The van der Waals surface area contributed by atoms with E-state index in [4.69, 9.17) is 9.73 Å². The molecule has 0 bridgehead atoms. The number of rotatable bonds is 0. The molecule has 4 aromatic carbocycles. The highest BCUT2D eigenvalue weighted by molar-refractivity contribution is 5.99. The number of aryl methyl sites for hydroxylation is 2. The van der Waals surface area contributed by atoms with Gasteiger partial charge in [0.2, 0.25) is 0 Å². The number of benzene rings is 4. The lowest BCUT2D eigenvalue weighted by molar-refractivity contribution is 0.450. The van der Waals surface area contributed by atoms with E-state index in [1.807, 2.05) is 0 Å². The van der Waals surface area contributed by atoms with Crippen LogP contribution in [-0.4, -0.2) is 11.1 Å². The minimum Gasteiger partial charge on any atom is -0.455 e. The first kappa shape index (κ1) is 20.1. The summed E-state index contributed by atoms with van der Waals surface area (Å²) in [4.78, 5) is 5.01. The molecule has 0 radical (unpaired) electrons. The van der Waals surface area contributed by atoms with Crippen LogP contribution in [0.4, 0.5) is 5.69 Å². The maximum Gasteiger partial charge on any atom is 0.142 e. The maximum absolute atomic E-state index is 6.79. The van der Waals surface area contributed by atoms with Crippen LogP contribution in [0.5, 0.6) is 11.5 Å². The fraction of sp³-hybridized carbons (Fsp3) is 0.323. The van der Waals surface area contributed by atoms with E-state index in [-0.39, 0.29) is 11.1 Å². The molecule has 34 heavy (non-hydrogen) atoms. The minimum atomic E-state index is 0.0141. The summed E-state index contributed by atoms with van der Waals surface area (Å²) in [6.07, 6.45) is 6.62. The predicted molar refractivity (Wildman–Crippen MR) is 141 cm³/mol. The molecule has 3 aliphatic heterocycles. The molecule has 1 N–H and O–H groups in total. The Kier molecular flexibility index (Phi) is 3.91. The number of fused-ring (bicyclic) bond motifs is 10. The van der Waals surface area contributed by atoms with Crippen LogP contribution in [0.1, 0.15) is 57.2 Å². The fourth-order valence-corrected chi connectivity index (χ4v) is 6.06. The molecule has 0 aliphatic carbocycles. The van der Waals surface area contributed by atoms with Crippen molar-refractivity contribution in [1.29, 1.82) is 0 Å². The standard InChI is InChI=1S/C31H30N2O/c1-30(2)15-13-22-20-7-5-18-17-19-6-8-21-23-14-16-31(3,4)33-27(23)12-10-25(21)29(19)34-28(18)24(20)9-11-26(22)32-30/h5-12,17,32H,13-16H2,1-4H3. The van der Waals surface area contributed by atoms with Crippen molar-refractivity contribution in [3.05, 3.63) is 75.8 Å². The van der Waals surface area contributed by atoms with Crippen LogP contribution < -0.4 is 20.6 Å². The smallest absolute Gasteiger partial charge is 0.142 e. The van der Waals surface area contributed by atoms with Crippen LogP contribution >= 0.6 is 0 Å². The highest BCUT2D eigenvalue weighted by atomic mass is 16.5. The van der Waals surface area contributed by atoms with Crippen LogP contribution in [0, 0.1) is 0 Å². The molecule has 0 unspecified atom stereocenters. The molecule has 0 saturated heterocycles. The molecule has 7 rings (SSSR count). The zero-order valence-electron chi connectivity index (χ0n) is 20.4. The maximum atomic E-state index is 6.79. The monoisotopic (exact) mass is 446 g/mol. The Bertz CT molecular complexity index is 1660. The van der Waals surface area contributed by atoms with E-state index < -0.39 is 0 Å². The second-order valence-corrected chi connectivity index (χ2v) is 11.5. The lowest BCUT2D eigenvalue weighted by atomic mass is 9.86. The quantitative estimate of drug-likeness (QED) is 0.298. The Morgan fingerprint density at radius 2 is 1.44 bits per heavy atom. The van der Waals surface area contributed by atoms with Gasteiger partial charge in [0.1, 0.15) is 11.5 Å².